The molecule has 0 aromatic heterocycles. The molecule has 4 heteroatoms. The fourth-order valence-corrected chi connectivity index (χ4v) is 3.08. The second-order valence-corrected chi connectivity index (χ2v) is 5.69. The van der Waals surface area contributed by atoms with Gasteiger partial charge in [0.1, 0.15) is 11.3 Å². The minimum absolute atomic E-state index is 0.128. The van der Waals surface area contributed by atoms with Gasteiger partial charge >= 0.3 is 5.97 Å². The van der Waals surface area contributed by atoms with Crippen LogP contribution in [-0.4, -0.2) is 31.8 Å². The molecule has 0 spiro atoms. The molecule has 0 saturated carbocycles. The largest absolute Gasteiger partial charge is 0.497 e. The summed E-state index contributed by atoms with van der Waals surface area (Å²) < 4.78 is 10.1. The van der Waals surface area contributed by atoms with Gasteiger partial charge in [-0.15, -0.1) is 0 Å². The zero-order valence-electron chi connectivity index (χ0n) is 13.1. The molecule has 1 saturated heterocycles. The average molecular weight is 291 g/mol. The Morgan fingerprint density at radius 2 is 2.05 bits per heavy atom. The Balaban J connectivity index is 1.88. The van der Waals surface area contributed by atoms with Gasteiger partial charge in [-0.2, -0.15) is 0 Å². The van der Waals surface area contributed by atoms with E-state index in [1.807, 2.05) is 19.1 Å². The molecule has 0 aliphatic carbocycles. The van der Waals surface area contributed by atoms with Crippen LogP contribution in [0.1, 0.15) is 38.2 Å². The fourth-order valence-electron chi connectivity index (χ4n) is 3.08. The smallest absolute Gasteiger partial charge is 0.326 e. The summed E-state index contributed by atoms with van der Waals surface area (Å²) in [7, 11) is 3.14. The fraction of sp³-hybridized carbons (Fsp3) is 0.588. The van der Waals surface area contributed by atoms with E-state index in [-0.39, 0.29) is 5.97 Å². The molecule has 2 rings (SSSR count). The molecule has 21 heavy (non-hydrogen) atoms. The summed E-state index contributed by atoms with van der Waals surface area (Å²) in [5.74, 6) is 0.755. The molecule has 1 N–H and O–H groups in total. The van der Waals surface area contributed by atoms with Gasteiger partial charge in [-0.05, 0) is 49.8 Å². The van der Waals surface area contributed by atoms with E-state index in [0.29, 0.717) is 6.04 Å². The minimum atomic E-state index is -0.473. The van der Waals surface area contributed by atoms with Crippen molar-refractivity contribution in [3.8, 4) is 5.75 Å². The summed E-state index contributed by atoms with van der Waals surface area (Å²) in [5, 5.41) is 3.50. The minimum Gasteiger partial charge on any atom is -0.497 e. The quantitative estimate of drug-likeness (QED) is 0.819. The van der Waals surface area contributed by atoms with Crippen LogP contribution in [0.15, 0.2) is 24.3 Å². The standard InChI is InChI=1S/C17H25NO3/c1-4-17(16(19)21-3)12-11-14(18-17)8-5-13-6-9-15(20-2)10-7-13/h6-7,9-10,14,18H,4-5,8,11-12H2,1-3H3/t14-,17+/m0/s1. The molecule has 0 radical (unpaired) electrons. The zero-order chi connectivity index (χ0) is 15.3. The lowest BCUT2D eigenvalue weighted by atomic mass is 9.94. The Morgan fingerprint density at radius 1 is 1.33 bits per heavy atom. The van der Waals surface area contributed by atoms with E-state index < -0.39 is 5.54 Å². The summed E-state index contributed by atoms with van der Waals surface area (Å²) in [4.78, 5) is 12.0. The maximum atomic E-state index is 12.0. The molecule has 4 nitrogen and oxygen atoms in total. The normalized spacial score (nSPS) is 24.8. The predicted molar refractivity (Wildman–Crippen MR) is 82.5 cm³/mol. The van der Waals surface area contributed by atoms with E-state index in [2.05, 4.69) is 17.4 Å². The van der Waals surface area contributed by atoms with E-state index in [4.69, 9.17) is 9.47 Å². The predicted octanol–water partition coefficient (Wildman–Crippen LogP) is 2.70. The van der Waals surface area contributed by atoms with E-state index in [1.165, 1.54) is 12.7 Å². The third-order valence-electron chi connectivity index (χ3n) is 4.52. The Morgan fingerprint density at radius 3 is 2.62 bits per heavy atom. The van der Waals surface area contributed by atoms with E-state index >= 15 is 0 Å². The number of esters is 1. The van der Waals surface area contributed by atoms with Gasteiger partial charge in [0.2, 0.25) is 0 Å². The van der Waals surface area contributed by atoms with Crippen LogP contribution < -0.4 is 10.1 Å². The summed E-state index contributed by atoms with van der Waals surface area (Å²) in [6.45, 7) is 2.04. The highest BCUT2D eigenvalue weighted by Crippen LogP contribution is 2.30. The van der Waals surface area contributed by atoms with Gasteiger partial charge in [0.15, 0.2) is 0 Å². The first-order chi connectivity index (χ1) is 10.1. The van der Waals surface area contributed by atoms with Crippen LogP contribution in [-0.2, 0) is 16.0 Å². The van der Waals surface area contributed by atoms with Crippen molar-refractivity contribution in [2.45, 2.75) is 50.6 Å². The van der Waals surface area contributed by atoms with E-state index in [0.717, 1.165) is 37.9 Å². The molecular weight excluding hydrogens is 266 g/mol. The molecule has 0 bridgehead atoms. The van der Waals surface area contributed by atoms with Crippen molar-refractivity contribution >= 4 is 5.97 Å². The van der Waals surface area contributed by atoms with Crippen molar-refractivity contribution in [2.24, 2.45) is 0 Å². The lowest BCUT2D eigenvalue weighted by molar-refractivity contribution is -0.148. The first-order valence-corrected chi connectivity index (χ1v) is 7.62. The second-order valence-electron chi connectivity index (χ2n) is 5.69. The molecule has 0 amide bonds. The lowest BCUT2D eigenvalue weighted by Gasteiger charge is -2.26. The molecule has 1 aliphatic heterocycles. The van der Waals surface area contributed by atoms with Gasteiger partial charge in [-0.25, -0.2) is 0 Å². The molecule has 0 unspecified atom stereocenters. The number of hydrogen-bond donors (Lipinski definition) is 1. The van der Waals surface area contributed by atoms with Gasteiger partial charge in [0.05, 0.1) is 14.2 Å². The zero-order valence-corrected chi connectivity index (χ0v) is 13.1. The number of carbonyl (C=O) groups is 1. The molecule has 116 valence electrons. The number of benzene rings is 1. The number of methoxy groups -OCH3 is 2. The van der Waals surface area contributed by atoms with Crippen molar-refractivity contribution < 1.29 is 14.3 Å². The summed E-state index contributed by atoms with van der Waals surface area (Å²) in [5.41, 5.74) is 0.823. The van der Waals surface area contributed by atoms with Gasteiger partial charge < -0.3 is 9.47 Å². The van der Waals surface area contributed by atoms with Crippen LogP contribution in [0.2, 0.25) is 0 Å². The third kappa shape index (κ3) is 3.56. The van der Waals surface area contributed by atoms with E-state index in [9.17, 15) is 4.79 Å². The Labute approximate surface area is 126 Å². The second kappa shape index (κ2) is 6.94. The maximum absolute atomic E-state index is 12.0. The summed E-state index contributed by atoms with van der Waals surface area (Å²) >= 11 is 0. The highest BCUT2D eigenvalue weighted by atomic mass is 16.5. The van der Waals surface area contributed by atoms with Crippen molar-refractivity contribution in [1.29, 1.82) is 0 Å². The highest BCUT2D eigenvalue weighted by Gasteiger charge is 2.43. The van der Waals surface area contributed by atoms with Gasteiger partial charge in [0, 0.05) is 6.04 Å². The number of carbonyl (C=O) groups excluding carboxylic acids is 1. The van der Waals surface area contributed by atoms with Crippen LogP contribution in [0.5, 0.6) is 5.75 Å². The molecule has 1 aromatic carbocycles. The SMILES string of the molecule is CC[C@]1(C(=O)OC)CC[C@H](CCc2ccc(OC)cc2)N1. The molecular formula is C17H25NO3. The monoisotopic (exact) mass is 291 g/mol. The van der Waals surface area contributed by atoms with Crippen molar-refractivity contribution in [2.75, 3.05) is 14.2 Å². The molecule has 2 atom stereocenters. The summed E-state index contributed by atoms with van der Waals surface area (Å²) in [6.07, 6.45) is 4.70. The average Bonchev–Trinajstić information content (AvgIpc) is 2.97. The van der Waals surface area contributed by atoms with Gasteiger partial charge in [-0.1, -0.05) is 19.1 Å². The number of ether oxygens (including phenoxy) is 2. The van der Waals surface area contributed by atoms with Crippen LogP contribution in [0.4, 0.5) is 0 Å². The first kappa shape index (κ1) is 15.8. The number of nitrogens with one attached hydrogen (secondary N) is 1. The number of aryl methyl sites for hydroxylation is 1. The number of hydrogen-bond acceptors (Lipinski definition) is 4. The topological polar surface area (TPSA) is 47.6 Å². The molecule has 1 aromatic rings. The molecule has 1 aliphatic rings. The Kier molecular flexibility index (Phi) is 5.23. The maximum Gasteiger partial charge on any atom is 0.326 e. The van der Waals surface area contributed by atoms with Crippen LogP contribution in [0, 0.1) is 0 Å². The van der Waals surface area contributed by atoms with Gasteiger partial charge in [0.25, 0.3) is 0 Å². The van der Waals surface area contributed by atoms with Gasteiger partial charge in [-0.3, -0.25) is 10.1 Å². The summed E-state index contributed by atoms with van der Waals surface area (Å²) in [6, 6.07) is 8.55. The van der Waals surface area contributed by atoms with Crippen LogP contribution in [0.3, 0.4) is 0 Å². The van der Waals surface area contributed by atoms with Crippen molar-refractivity contribution in [1.82, 2.24) is 5.32 Å². The Bertz CT molecular complexity index is 471. The number of rotatable bonds is 6. The van der Waals surface area contributed by atoms with Crippen molar-refractivity contribution in [3.63, 3.8) is 0 Å². The molecule has 1 fully saturated rings. The highest BCUT2D eigenvalue weighted by molar-refractivity contribution is 5.81. The van der Waals surface area contributed by atoms with E-state index in [1.54, 1.807) is 7.11 Å². The molecule has 1 heterocycles. The van der Waals surface area contributed by atoms with Crippen molar-refractivity contribution in [3.05, 3.63) is 29.8 Å². The lowest BCUT2D eigenvalue weighted by Crippen LogP contribution is -2.50. The van der Waals surface area contributed by atoms with Crippen LogP contribution >= 0.6 is 0 Å². The first-order valence-electron chi connectivity index (χ1n) is 7.62. The third-order valence-corrected chi connectivity index (χ3v) is 4.52. The Hall–Kier alpha value is -1.55. The van der Waals surface area contributed by atoms with Crippen LogP contribution in [0.25, 0.3) is 0 Å².